The molecule has 0 radical (unpaired) electrons. The van der Waals surface area contributed by atoms with Crippen LogP contribution in [0.2, 0.25) is 0 Å². The van der Waals surface area contributed by atoms with Crippen molar-refractivity contribution in [3.8, 4) is 0 Å². The Balaban J connectivity index is 3.04. The van der Waals surface area contributed by atoms with Crippen molar-refractivity contribution in [2.24, 2.45) is 7.05 Å². The maximum Gasteiger partial charge on any atom is 0.327 e. The van der Waals surface area contributed by atoms with Crippen molar-refractivity contribution in [1.29, 1.82) is 0 Å². The van der Waals surface area contributed by atoms with Crippen LogP contribution in [-0.4, -0.2) is 19.1 Å². The van der Waals surface area contributed by atoms with Gasteiger partial charge in [0.05, 0.1) is 0 Å². The molecule has 0 fully saturated rings. The summed E-state index contributed by atoms with van der Waals surface area (Å²) in [5, 5.41) is 0. The fourth-order valence-electron chi connectivity index (χ4n) is 2.09. The molecule has 0 bridgehead atoms. The smallest absolute Gasteiger partial charge is 0.290 e. The molecular weight excluding hydrogens is 220 g/mol. The highest BCUT2D eigenvalue weighted by atomic mass is 16.2. The topological polar surface area (TPSA) is 72.7 Å². The lowest BCUT2D eigenvalue weighted by atomic mass is 10.1. The highest BCUT2D eigenvalue weighted by molar-refractivity contribution is 5.69. The molecule has 2 aromatic rings. The van der Waals surface area contributed by atoms with Crippen molar-refractivity contribution in [3.05, 3.63) is 26.7 Å². The van der Waals surface area contributed by atoms with Gasteiger partial charge in [0.15, 0.2) is 11.2 Å². The minimum Gasteiger partial charge on any atom is -0.290 e. The van der Waals surface area contributed by atoms with Crippen LogP contribution in [0.4, 0.5) is 0 Å². The first-order chi connectivity index (χ1) is 7.73. The molecule has 0 aliphatic carbocycles. The van der Waals surface area contributed by atoms with Gasteiger partial charge in [-0.05, 0) is 27.7 Å². The number of aromatic amines is 1. The van der Waals surface area contributed by atoms with Gasteiger partial charge in [-0.15, -0.1) is 0 Å². The number of aromatic nitrogens is 4. The van der Waals surface area contributed by atoms with Gasteiger partial charge >= 0.3 is 5.69 Å². The summed E-state index contributed by atoms with van der Waals surface area (Å²) in [6.45, 7) is 7.55. The Morgan fingerprint density at radius 3 is 2.35 bits per heavy atom. The molecule has 0 amide bonds. The summed E-state index contributed by atoms with van der Waals surface area (Å²) in [6, 6.07) is 0. The number of fused-ring (bicyclic) bond motifs is 1. The fraction of sp³-hybridized carbons (Fsp3) is 0.545. The molecule has 0 aliphatic rings. The zero-order valence-electron chi connectivity index (χ0n) is 10.7. The van der Waals surface area contributed by atoms with Crippen molar-refractivity contribution in [2.45, 2.75) is 33.2 Å². The van der Waals surface area contributed by atoms with Gasteiger partial charge in [0.1, 0.15) is 5.82 Å². The molecule has 0 aromatic carbocycles. The normalized spacial score (nSPS) is 12.3. The number of H-pyrrole nitrogens is 1. The predicted molar refractivity (Wildman–Crippen MR) is 65.3 cm³/mol. The van der Waals surface area contributed by atoms with Gasteiger partial charge in [-0.1, -0.05) is 0 Å². The maximum absolute atomic E-state index is 12.4. The van der Waals surface area contributed by atoms with Gasteiger partial charge in [0.25, 0.3) is 5.56 Å². The third-order valence-electron chi connectivity index (χ3n) is 2.76. The molecule has 92 valence electrons. The number of nitrogens with zero attached hydrogens (tertiary/aromatic N) is 3. The van der Waals surface area contributed by atoms with Gasteiger partial charge in [-0.3, -0.25) is 18.9 Å². The molecular formula is C11H16N4O2. The molecule has 0 saturated heterocycles. The Morgan fingerprint density at radius 1 is 1.24 bits per heavy atom. The number of aryl methyl sites for hydroxylation is 2. The fourth-order valence-corrected chi connectivity index (χ4v) is 2.09. The number of nitrogens with one attached hydrogen (secondary N) is 1. The van der Waals surface area contributed by atoms with Crippen LogP contribution in [-0.2, 0) is 12.6 Å². The Kier molecular flexibility index (Phi) is 2.27. The van der Waals surface area contributed by atoms with Gasteiger partial charge in [0.2, 0.25) is 0 Å². The lowest BCUT2D eigenvalue weighted by molar-refractivity contribution is 0.371. The highest BCUT2D eigenvalue weighted by Gasteiger charge is 2.21. The molecule has 6 nitrogen and oxygen atoms in total. The Bertz CT molecular complexity index is 697. The maximum atomic E-state index is 12.4. The second kappa shape index (κ2) is 3.32. The molecule has 0 atom stereocenters. The number of hydrogen-bond acceptors (Lipinski definition) is 3. The molecule has 2 rings (SSSR count). The van der Waals surface area contributed by atoms with Crippen molar-refractivity contribution < 1.29 is 0 Å². The van der Waals surface area contributed by atoms with Gasteiger partial charge in [-0.2, -0.15) is 0 Å². The van der Waals surface area contributed by atoms with Crippen LogP contribution in [0.5, 0.6) is 0 Å². The van der Waals surface area contributed by atoms with Crippen LogP contribution in [0, 0.1) is 6.92 Å². The summed E-state index contributed by atoms with van der Waals surface area (Å²) < 4.78 is 2.90. The summed E-state index contributed by atoms with van der Waals surface area (Å²) in [7, 11) is 1.56. The quantitative estimate of drug-likeness (QED) is 0.723. The zero-order chi connectivity index (χ0) is 13.0. The third kappa shape index (κ3) is 1.60. The van der Waals surface area contributed by atoms with E-state index in [9.17, 15) is 9.59 Å². The minimum atomic E-state index is -0.365. The first kappa shape index (κ1) is 11.6. The van der Waals surface area contributed by atoms with Crippen LogP contribution in [0.1, 0.15) is 26.6 Å². The average molecular weight is 236 g/mol. The van der Waals surface area contributed by atoms with Crippen molar-refractivity contribution in [2.75, 3.05) is 0 Å². The van der Waals surface area contributed by atoms with E-state index in [0.717, 1.165) is 0 Å². The van der Waals surface area contributed by atoms with Crippen LogP contribution >= 0.6 is 0 Å². The first-order valence-electron chi connectivity index (χ1n) is 5.42. The molecule has 0 spiro atoms. The van der Waals surface area contributed by atoms with Gasteiger partial charge < -0.3 is 0 Å². The van der Waals surface area contributed by atoms with E-state index in [1.165, 1.54) is 4.57 Å². The summed E-state index contributed by atoms with van der Waals surface area (Å²) >= 11 is 0. The van der Waals surface area contributed by atoms with E-state index in [4.69, 9.17) is 0 Å². The van der Waals surface area contributed by atoms with Crippen LogP contribution < -0.4 is 11.2 Å². The van der Waals surface area contributed by atoms with Crippen molar-refractivity contribution >= 4 is 11.2 Å². The van der Waals surface area contributed by atoms with Crippen LogP contribution in [0.25, 0.3) is 11.2 Å². The van der Waals surface area contributed by atoms with E-state index in [2.05, 4.69) is 9.97 Å². The molecule has 2 heterocycles. The van der Waals surface area contributed by atoms with E-state index in [1.807, 2.05) is 20.8 Å². The van der Waals surface area contributed by atoms with Crippen molar-refractivity contribution in [3.63, 3.8) is 0 Å². The van der Waals surface area contributed by atoms with E-state index in [1.54, 1.807) is 18.5 Å². The number of imidazole rings is 1. The molecule has 17 heavy (non-hydrogen) atoms. The third-order valence-corrected chi connectivity index (χ3v) is 2.76. The summed E-state index contributed by atoms with van der Waals surface area (Å²) in [5.41, 5.74) is -0.220. The largest absolute Gasteiger partial charge is 0.327 e. The molecule has 1 N–H and O–H groups in total. The Labute approximate surface area is 97.9 Å². The monoisotopic (exact) mass is 236 g/mol. The number of rotatable bonds is 0. The Hall–Kier alpha value is -1.85. The van der Waals surface area contributed by atoms with Crippen molar-refractivity contribution in [1.82, 2.24) is 19.1 Å². The van der Waals surface area contributed by atoms with Gasteiger partial charge in [0, 0.05) is 12.6 Å². The summed E-state index contributed by atoms with van der Waals surface area (Å²) in [5.74, 6) is 0.594. The van der Waals surface area contributed by atoms with E-state index in [-0.39, 0.29) is 16.8 Å². The predicted octanol–water partition coefficient (Wildman–Crippen LogP) is 0.487. The first-order valence-corrected chi connectivity index (χ1v) is 5.42. The molecule has 0 unspecified atom stereocenters. The molecule has 2 aromatic heterocycles. The lowest BCUT2D eigenvalue weighted by Gasteiger charge is -2.24. The highest BCUT2D eigenvalue weighted by Crippen LogP contribution is 2.14. The average Bonchev–Trinajstić information content (AvgIpc) is 2.39. The minimum absolute atomic E-state index is 0.194. The second-order valence-electron chi connectivity index (χ2n) is 5.16. The SMILES string of the molecule is Cc1nc2[nH]c(=O)n(C)c2c(=O)n1C(C)(C)C. The molecule has 6 heteroatoms. The van der Waals surface area contributed by atoms with E-state index >= 15 is 0 Å². The van der Waals surface area contributed by atoms with E-state index < -0.39 is 0 Å². The Morgan fingerprint density at radius 2 is 1.82 bits per heavy atom. The lowest BCUT2D eigenvalue weighted by Crippen LogP contribution is -2.37. The molecule has 0 aliphatic heterocycles. The summed E-state index contributed by atoms with van der Waals surface area (Å²) in [4.78, 5) is 30.7. The zero-order valence-corrected chi connectivity index (χ0v) is 10.7. The van der Waals surface area contributed by atoms with Crippen LogP contribution in [0.3, 0.4) is 0 Å². The van der Waals surface area contributed by atoms with E-state index in [0.29, 0.717) is 17.0 Å². The van der Waals surface area contributed by atoms with Gasteiger partial charge in [-0.25, -0.2) is 9.78 Å². The van der Waals surface area contributed by atoms with Crippen LogP contribution in [0.15, 0.2) is 9.59 Å². The summed E-state index contributed by atoms with van der Waals surface area (Å²) in [6.07, 6.45) is 0. The number of hydrogen-bond donors (Lipinski definition) is 1. The molecule has 0 saturated carbocycles. The second-order valence-corrected chi connectivity index (χ2v) is 5.16. The standard InChI is InChI=1S/C11H16N4O2/c1-6-12-8-7(14(5)10(17)13-8)9(16)15(6)11(2,3)4/h1-5H3,(H,13,17).